The van der Waals surface area contributed by atoms with Crippen molar-refractivity contribution in [2.75, 3.05) is 18.5 Å². The molecule has 1 aromatic rings. The molecule has 0 radical (unpaired) electrons. The second kappa shape index (κ2) is 7.46. The molecule has 116 valence electrons. The highest BCUT2D eigenvalue weighted by Crippen LogP contribution is 2.25. The van der Waals surface area contributed by atoms with Crippen molar-refractivity contribution < 1.29 is 9.53 Å². The minimum absolute atomic E-state index is 0.0298. The lowest BCUT2D eigenvalue weighted by molar-refractivity contribution is -0.119. The van der Waals surface area contributed by atoms with Gasteiger partial charge in [0.2, 0.25) is 5.91 Å². The fraction of sp³-hybridized carbons (Fsp3) is 0.588. The predicted molar refractivity (Wildman–Crippen MR) is 85.6 cm³/mol. The van der Waals surface area contributed by atoms with Crippen molar-refractivity contribution in [1.82, 2.24) is 5.32 Å². The predicted octanol–water partition coefficient (Wildman–Crippen LogP) is 3.05. The molecule has 2 unspecified atom stereocenters. The Morgan fingerprint density at radius 2 is 2.19 bits per heavy atom. The van der Waals surface area contributed by atoms with Crippen molar-refractivity contribution in [2.45, 2.75) is 39.7 Å². The van der Waals surface area contributed by atoms with Crippen LogP contribution in [-0.4, -0.2) is 25.1 Å². The SMILES string of the molecule is CC(C)COc1ccccc1NC(=O)C1CC(C)CCN1. The summed E-state index contributed by atoms with van der Waals surface area (Å²) in [4.78, 5) is 12.4. The quantitative estimate of drug-likeness (QED) is 0.876. The maximum atomic E-state index is 12.4. The molecule has 1 aliphatic heterocycles. The van der Waals surface area contributed by atoms with E-state index in [4.69, 9.17) is 4.74 Å². The Hall–Kier alpha value is -1.55. The minimum Gasteiger partial charge on any atom is -0.491 e. The van der Waals surface area contributed by atoms with Crippen LogP contribution in [0.15, 0.2) is 24.3 Å². The largest absolute Gasteiger partial charge is 0.491 e. The monoisotopic (exact) mass is 290 g/mol. The molecule has 0 spiro atoms. The van der Waals surface area contributed by atoms with Gasteiger partial charge in [-0.05, 0) is 43.4 Å². The lowest BCUT2D eigenvalue weighted by Gasteiger charge is -2.27. The van der Waals surface area contributed by atoms with E-state index < -0.39 is 0 Å². The van der Waals surface area contributed by atoms with E-state index in [-0.39, 0.29) is 11.9 Å². The summed E-state index contributed by atoms with van der Waals surface area (Å²) in [6, 6.07) is 7.52. The normalized spacial score (nSPS) is 22.1. The molecule has 4 heteroatoms. The van der Waals surface area contributed by atoms with Crippen molar-refractivity contribution in [2.24, 2.45) is 11.8 Å². The van der Waals surface area contributed by atoms with Crippen LogP contribution in [0.2, 0.25) is 0 Å². The Kier molecular flexibility index (Phi) is 5.62. The molecular weight excluding hydrogens is 264 g/mol. The van der Waals surface area contributed by atoms with Gasteiger partial charge in [0, 0.05) is 0 Å². The van der Waals surface area contributed by atoms with Crippen LogP contribution < -0.4 is 15.4 Å². The van der Waals surface area contributed by atoms with Gasteiger partial charge in [-0.3, -0.25) is 4.79 Å². The van der Waals surface area contributed by atoms with E-state index in [1.165, 1.54) is 0 Å². The molecule has 1 aromatic carbocycles. The molecule has 21 heavy (non-hydrogen) atoms. The van der Waals surface area contributed by atoms with Crippen LogP contribution >= 0.6 is 0 Å². The van der Waals surface area contributed by atoms with Gasteiger partial charge in [-0.15, -0.1) is 0 Å². The Morgan fingerprint density at radius 3 is 2.90 bits per heavy atom. The number of amides is 1. The molecule has 1 saturated heterocycles. The van der Waals surface area contributed by atoms with E-state index in [0.29, 0.717) is 18.4 Å². The average Bonchev–Trinajstić information content (AvgIpc) is 2.46. The first kappa shape index (κ1) is 15.8. The number of para-hydroxylation sites is 2. The van der Waals surface area contributed by atoms with Gasteiger partial charge in [-0.2, -0.15) is 0 Å². The van der Waals surface area contributed by atoms with Crippen LogP contribution in [-0.2, 0) is 4.79 Å². The summed E-state index contributed by atoms with van der Waals surface area (Å²) in [6.07, 6.45) is 2.03. The number of hydrogen-bond acceptors (Lipinski definition) is 3. The number of piperidine rings is 1. The van der Waals surface area contributed by atoms with Gasteiger partial charge in [-0.1, -0.05) is 32.9 Å². The number of ether oxygens (including phenoxy) is 1. The van der Waals surface area contributed by atoms with Crippen molar-refractivity contribution in [1.29, 1.82) is 0 Å². The van der Waals surface area contributed by atoms with Crippen LogP contribution in [0, 0.1) is 11.8 Å². The highest BCUT2D eigenvalue weighted by atomic mass is 16.5. The fourth-order valence-electron chi connectivity index (χ4n) is 2.48. The minimum atomic E-state index is -0.105. The highest BCUT2D eigenvalue weighted by Gasteiger charge is 2.25. The third-order valence-corrected chi connectivity index (χ3v) is 3.70. The molecule has 1 fully saturated rings. The van der Waals surface area contributed by atoms with Gasteiger partial charge in [0.15, 0.2) is 0 Å². The molecule has 4 nitrogen and oxygen atoms in total. The van der Waals surface area contributed by atoms with Crippen LogP contribution in [0.5, 0.6) is 5.75 Å². The zero-order chi connectivity index (χ0) is 15.2. The van der Waals surface area contributed by atoms with Crippen molar-refractivity contribution in [3.05, 3.63) is 24.3 Å². The average molecular weight is 290 g/mol. The Labute approximate surface area is 127 Å². The molecule has 0 aliphatic carbocycles. The summed E-state index contributed by atoms with van der Waals surface area (Å²) in [6.45, 7) is 7.96. The van der Waals surface area contributed by atoms with Crippen LogP contribution in [0.4, 0.5) is 5.69 Å². The molecule has 1 aliphatic rings. The van der Waals surface area contributed by atoms with E-state index in [9.17, 15) is 4.79 Å². The fourth-order valence-corrected chi connectivity index (χ4v) is 2.48. The maximum Gasteiger partial charge on any atom is 0.241 e. The van der Waals surface area contributed by atoms with E-state index in [1.807, 2.05) is 24.3 Å². The zero-order valence-electron chi connectivity index (χ0n) is 13.2. The smallest absolute Gasteiger partial charge is 0.241 e. The number of benzene rings is 1. The molecular formula is C17H26N2O2. The number of hydrogen-bond donors (Lipinski definition) is 2. The summed E-state index contributed by atoms with van der Waals surface area (Å²) in [5.74, 6) is 1.81. The molecule has 2 rings (SSSR count). The van der Waals surface area contributed by atoms with Crippen molar-refractivity contribution >= 4 is 11.6 Å². The number of carbonyl (C=O) groups is 1. The first-order chi connectivity index (χ1) is 10.1. The zero-order valence-corrected chi connectivity index (χ0v) is 13.2. The van der Waals surface area contributed by atoms with Crippen LogP contribution in [0.3, 0.4) is 0 Å². The molecule has 1 amide bonds. The van der Waals surface area contributed by atoms with E-state index >= 15 is 0 Å². The Bertz CT molecular complexity index is 474. The van der Waals surface area contributed by atoms with E-state index in [1.54, 1.807) is 0 Å². The molecule has 0 bridgehead atoms. The number of rotatable bonds is 5. The third kappa shape index (κ3) is 4.74. The van der Waals surface area contributed by atoms with Crippen molar-refractivity contribution in [3.63, 3.8) is 0 Å². The lowest BCUT2D eigenvalue weighted by atomic mass is 9.94. The molecule has 1 heterocycles. The van der Waals surface area contributed by atoms with Crippen molar-refractivity contribution in [3.8, 4) is 5.75 Å². The topological polar surface area (TPSA) is 50.4 Å². The summed E-state index contributed by atoms with van der Waals surface area (Å²) >= 11 is 0. The molecule has 0 saturated carbocycles. The van der Waals surface area contributed by atoms with Crippen LogP contribution in [0.1, 0.15) is 33.6 Å². The summed E-state index contributed by atoms with van der Waals surface area (Å²) in [5.41, 5.74) is 0.753. The lowest BCUT2D eigenvalue weighted by Crippen LogP contribution is -2.45. The van der Waals surface area contributed by atoms with E-state index in [2.05, 4.69) is 31.4 Å². The molecule has 0 aromatic heterocycles. The standard InChI is InChI=1S/C17H26N2O2/c1-12(2)11-21-16-7-5-4-6-14(16)19-17(20)15-10-13(3)8-9-18-15/h4-7,12-13,15,18H,8-11H2,1-3H3,(H,19,20). The summed E-state index contributed by atoms with van der Waals surface area (Å²) in [5, 5.41) is 6.28. The molecule has 2 atom stereocenters. The summed E-state index contributed by atoms with van der Waals surface area (Å²) in [7, 11) is 0. The first-order valence-corrected chi connectivity index (χ1v) is 7.82. The number of carbonyl (C=O) groups excluding carboxylic acids is 1. The third-order valence-electron chi connectivity index (χ3n) is 3.70. The summed E-state index contributed by atoms with van der Waals surface area (Å²) < 4.78 is 5.77. The second-order valence-corrected chi connectivity index (χ2v) is 6.33. The highest BCUT2D eigenvalue weighted by molar-refractivity contribution is 5.96. The van der Waals surface area contributed by atoms with Gasteiger partial charge in [0.1, 0.15) is 5.75 Å². The number of anilines is 1. The number of nitrogens with one attached hydrogen (secondary N) is 2. The van der Waals surface area contributed by atoms with Gasteiger partial charge in [0.25, 0.3) is 0 Å². The first-order valence-electron chi connectivity index (χ1n) is 7.82. The van der Waals surface area contributed by atoms with Gasteiger partial charge in [0.05, 0.1) is 18.3 Å². The molecule has 2 N–H and O–H groups in total. The van der Waals surface area contributed by atoms with Gasteiger partial charge < -0.3 is 15.4 Å². The van der Waals surface area contributed by atoms with Gasteiger partial charge in [-0.25, -0.2) is 0 Å². The van der Waals surface area contributed by atoms with Gasteiger partial charge >= 0.3 is 0 Å². The Morgan fingerprint density at radius 1 is 1.43 bits per heavy atom. The Balaban J connectivity index is 1.99. The van der Waals surface area contributed by atoms with Crippen LogP contribution in [0.25, 0.3) is 0 Å². The van der Waals surface area contributed by atoms with E-state index in [0.717, 1.165) is 30.8 Å². The maximum absolute atomic E-state index is 12.4. The second-order valence-electron chi connectivity index (χ2n) is 6.33.